The highest BCUT2D eigenvalue weighted by molar-refractivity contribution is 5.56. The zero-order chi connectivity index (χ0) is 10.6. The van der Waals surface area contributed by atoms with Crippen molar-refractivity contribution in [3.63, 3.8) is 0 Å². The van der Waals surface area contributed by atoms with Gasteiger partial charge in [-0.25, -0.2) is 0 Å². The van der Waals surface area contributed by atoms with E-state index in [1.807, 2.05) is 18.2 Å². The molecular weight excluding hydrogens is 172 g/mol. The van der Waals surface area contributed by atoms with Crippen molar-refractivity contribution in [2.24, 2.45) is 0 Å². The molecule has 0 aliphatic rings. The van der Waals surface area contributed by atoms with Crippen LogP contribution in [0.25, 0.3) is 0 Å². The molecule has 1 unspecified atom stereocenters. The monoisotopic (exact) mass is 192 g/mol. The summed E-state index contributed by atoms with van der Waals surface area (Å²) in [6, 6.07) is 5.74. The lowest BCUT2D eigenvalue weighted by molar-refractivity contribution is 0.626. The minimum atomic E-state index is 0.512. The zero-order valence-corrected chi connectivity index (χ0v) is 9.09. The molecule has 1 rings (SSSR count). The number of rotatable bonds is 4. The molecule has 1 aromatic carbocycles. The molecule has 0 heterocycles. The summed E-state index contributed by atoms with van der Waals surface area (Å²) in [7, 11) is 0. The van der Waals surface area contributed by atoms with Gasteiger partial charge in [0.1, 0.15) is 0 Å². The third-order valence-corrected chi connectivity index (χ3v) is 2.63. The van der Waals surface area contributed by atoms with Crippen molar-refractivity contribution >= 4 is 11.4 Å². The van der Waals surface area contributed by atoms with E-state index in [0.29, 0.717) is 5.92 Å². The molecule has 14 heavy (non-hydrogen) atoms. The summed E-state index contributed by atoms with van der Waals surface area (Å²) < 4.78 is 0. The van der Waals surface area contributed by atoms with Crippen molar-refractivity contribution in [1.82, 2.24) is 0 Å². The van der Waals surface area contributed by atoms with Crippen LogP contribution in [0.15, 0.2) is 18.2 Å². The highest BCUT2D eigenvalue weighted by Gasteiger charge is 2.08. The van der Waals surface area contributed by atoms with Gasteiger partial charge in [-0.15, -0.1) is 0 Å². The molecule has 0 radical (unpaired) electrons. The fourth-order valence-corrected chi connectivity index (χ4v) is 1.69. The highest BCUT2D eigenvalue weighted by atomic mass is 14.6. The first-order valence-corrected chi connectivity index (χ1v) is 5.30. The summed E-state index contributed by atoms with van der Waals surface area (Å²) in [5.74, 6) is 0.512. The molecule has 0 bridgehead atoms. The van der Waals surface area contributed by atoms with E-state index in [2.05, 4.69) is 13.8 Å². The predicted molar refractivity (Wildman–Crippen MR) is 63.2 cm³/mol. The van der Waals surface area contributed by atoms with Crippen LogP contribution in [-0.2, 0) is 0 Å². The lowest BCUT2D eigenvalue weighted by Gasteiger charge is -2.14. The molecule has 0 aromatic heterocycles. The van der Waals surface area contributed by atoms with Crippen molar-refractivity contribution in [1.29, 1.82) is 0 Å². The molecule has 0 spiro atoms. The summed E-state index contributed by atoms with van der Waals surface area (Å²) in [6.07, 6.45) is 3.66. The van der Waals surface area contributed by atoms with Crippen LogP contribution < -0.4 is 11.5 Å². The summed E-state index contributed by atoms with van der Waals surface area (Å²) in [5, 5.41) is 0. The average molecular weight is 192 g/mol. The smallest absolute Gasteiger partial charge is 0.0350 e. The minimum Gasteiger partial charge on any atom is -0.399 e. The Morgan fingerprint density at radius 3 is 2.64 bits per heavy atom. The van der Waals surface area contributed by atoms with Crippen molar-refractivity contribution in [2.75, 3.05) is 11.5 Å². The van der Waals surface area contributed by atoms with Gasteiger partial charge in [0.15, 0.2) is 0 Å². The average Bonchev–Trinajstić information content (AvgIpc) is 2.18. The second-order valence-electron chi connectivity index (χ2n) is 3.93. The lowest BCUT2D eigenvalue weighted by Crippen LogP contribution is -2.01. The maximum absolute atomic E-state index is 5.91. The van der Waals surface area contributed by atoms with E-state index >= 15 is 0 Å². The molecule has 4 N–H and O–H groups in total. The molecule has 2 nitrogen and oxygen atoms in total. The lowest BCUT2D eigenvalue weighted by atomic mass is 9.94. The largest absolute Gasteiger partial charge is 0.399 e. The summed E-state index contributed by atoms with van der Waals surface area (Å²) in [5.41, 5.74) is 14.5. The molecule has 2 heteroatoms. The molecule has 78 valence electrons. The zero-order valence-electron chi connectivity index (χ0n) is 9.09. The Bertz CT molecular complexity index is 294. The maximum Gasteiger partial charge on any atom is 0.0350 e. The minimum absolute atomic E-state index is 0.512. The molecule has 0 aliphatic carbocycles. The Hall–Kier alpha value is -1.18. The van der Waals surface area contributed by atoms with Gasteiger partial charge in [-0.1, -0.05) is 26.7 Å². The van der Waals surface area contributed by atoms with Crippen LogP contribution in [0.5, 0.6) is 0 Å². The standard InChI is InChI=1S/C12H20N2/c1-3-4-5-9(2)11-8-10(13)6-7-12(11)14/h6-9H,3-5,13-14H2,1-2H3. The number of nitrogens with two attached hydrogens (primary N) is 2. The predicted octanol–water partition coefficient (Wildman–Crippen LogP) is 3.14. The summed E-state index contributed by atoms with van der Waals surface area (Å²) >= 11 is 0. The van der Waals surface area contributed by atoms with Gasteiger partial charge in [-0.05, 0) is 36.1 Å². The van der Waals surface area contributed by atoms with Gasteiger partial charge in [0.2, 0.25) is 0 Å². The van der Waals surface area contributed by atoms with E-state index in [9.17, 15) is 0 Å². The Kier molecular flexibility index (Phi) is 3.81. The van der Waals surface area contributed by atoms with Crippen LogP contribution >= 0.6 is 0 Å². The number of hydrogen-bond donors (Lipinski definition) is 2. The molecule has 0 fully saturated rings. The first-order chi connectivity index (χ1) is 6.65. The van der Waals surface area contributed by atoms with Gasteiger partial charge in [0.25, 0.3) is 0 Å². The molecule has 0 saturated heterocycles. The summed E-state index contributed by atoms with van der Waals surface area (Å²) in [4.78, 5) is 0. The number of unbranched alkanes of at least 4 members (excludes halogenated alkanes) is 1. The van der Waals surface area contributed by atoms with Crippen LogP contribution in [0.2, 0.25) is 0 Å². The fourth-order valence-electron chi connectivity index (χ4n) is 1.69. The van der Waals surface area contributed by atoms with Crippen molar-refractivity contribution in [2.45, 2.75) is 39.0 Å². The van der Waals surface area contributed by atoms with E-state index in [4.69, 9.17) is 11.5 Å². The number of nitrogen functional groups attached to an aromatic ring is 2. The Morgan fingerprint density at radius 2 is 2.00 bits per heavy atom. The van der Waals surface area contributed by atoms with Crippen molar-refractivity contribution in [3.05, 3.63) is 23.8 Å². The topological polar surface area (TPSA) is 52.0 Å². The van der Waals surface area contributed by atoms with Crippen LogP contribution in [0.4, 0.5) is 11.4 Å². The normalized spacial score (nSPS) is 12.7. The summed E-state index contributed by atoms with van der Waals surface area (Å²) in [6.45, 7) is 4.41. The van der Waals surface area contributed by atoms with Gasteiger partial charge < -0.3 is 11.5 Å². The first kappa shape index (κ1) is 10.9. The van der Waals surface area contributed by atoms with Gasteiger partial charge in [0, 0.05) is 11.4 Å². The third kappa shape index (κ3) is 2.66. The van der Waals surface area contributed by atoms with E-state index < -0.39 is 0 Å². The SMILES string of the molecule is CCCCC(C)c1cc(N)ccc1N. The Balaban J connectivity index is 2.77. The second kappa shape index (κ2) is 4.89. The number of anilines is 2. The van der Waals surface area contributed by atoms with Crippen LogP contribution in [0.3, 0.4) is 0 Å². The van der Waals surface area contributed by atoms with E-state index in [1.54, 1.807) is 0 Å². The second-order valence-corrected chi connectivity index (χ2v) is 3.93. The van der Waals surface area contributed by atoms with Crippen LogP contribution in [0.1, 0.15) is 44.6 Å². The Morgan fingerprint density at radius 1 is 1.29 bits per heavy atom. The molecule has 0 amide bonds. The van der Waals surface area contributed by atoms with E-state index in [0.717, 1.165) is 11.4 Å². The van der Waals surface area contributed by atoms with E-state index in [1.165, 1.54) is 24.8 Å². The molecule has 0 saturated carbocycles. The van der Waals surface area contributed by atoms with Gasteiger partial charge in [0.05, 0.1) is 0 Å². The van der Waals surface area contributed by atoms with E-state index in [-0.39, 0.29) is 0 Å². The number of hydrogen-bond acceptors (Lipinski definition) is 2. The van der Waals surface area contributed by atoms with Crippen molar-refractivity contribution < 1.29 is 0 Å². The van der Waals surface area contributed by atoms with Crippen LogP contribution in [-0.4, -0.2) is 0 Å². The maximum atomic E-state index is 5.91. The Labute approximate surface area is 86.3 Å². The third-order valence-electron chi connectivity index (χ3n) is 2.63. The van der Waals surface area contributed by atoms with Gasteiger partial charge >= 0.3 is 0 Å². The van der Waals surface area contributed by atoms with Crippen molar-refractivity contribution in [3.8, 4) is 0 Å². The quantitative estimate of drug-likeness (QED) is 0.720. The molecule has 1 atom stereocenters. The van der Waals surface area contributed by atoms with Gasteiger partial charge in [-0.3, -0.25) is 0 Å². The first-order valence-electron chi connectivity index (χ1n) is 5.30. The highest BCUT2D eigenvalue weighted by Crippen LogP contribution is 2.28. The van der Waals surface area contributed by atoms with Crippen LogP contribution in [0, 0.1) is 0 Å². The molecule has 0 aliphatic heterocycles. The number of benzene rings is 1. The fraction of sp³-hybridized carbons (Fsp3) is 0.500. The molecule has 1 aromatic rings. The van der Waals surface area contributed by atoms with Gasteiger partial charge in [-0.2, -0.15) is 0 Å². The molecular formula is C12H20N2.